The quantitative estimate of drug-likeness (QED) is 0.449. The van der Waals surface area contributed by atoms with Crippen molar-refractivity contribution in [3.8, 4) is 0 Å². The fraction of sp³-hybridized carbons (Fsp3) is 0.333. The molecule has 34 valence electrons. The molecular formula is C3H5NO2. The van der Waals surface area contributed by atoms with Crippen LogP contribution in [-0.4, -0.2) is 24.3 Å². The molecule has 0 fully saturated rings. The van der Waals surface area contributed by atoms with Crippen LogP contribution in [0, 0.1) is 0 Å². The van der Waals surface area contributed by atoms with Crippen molar-refractivity contribution in [2.24, 2.45) is 4.99 Å². The molecule has 0 bridgehead atoms. The molecule has 0 amide bonds. The van der Waals surface area contributed by atoms with E-state index < -0.39 is 5.97 Å². The first kappa shape index (κ1) is 5.14. The van der Waals surface area contributed by atoms with Gasteiger partial charge < -0.3 is 5.11 Å². The summed E-state index contributed by atoms with van der Waals surface area (Å²) in [6.45, 7) is 0. The summed E-state index contributed by atoms with van der Waals surface area (Å²) in [7, 11) is 1.41. The van der Waals surface area contributed by atoms with Crippen molar-refractivity contribution in [3.63, 3.8) is 0 Å². The van der Waals surface area contributed by atoms with Crippen molar-refractivity contribution in [1.82, 2.24) is 0 Å². The van der Waals surface area contributed by atoms with Gasteiger partial charge in [0, 0.05) is 7.05 Å². The molecule has 0 saturated carbocycles. The number of aliphatic carboxylic acids is 1. The van der Waals surface area contributed by atoms with Gasteiger partial charge in [0.2, 0.25) is 0 Å². The molecule has 0 aromatic rings. The van der Waals surface area contributed by atoms with E-state index >= 15 is 0 Å². The Labute approximate surface area is 35.3 Å². The van der Waals surface area contributed by atoms with Gasteiger partial charge in [0.25, 0.3) is 0 Å². The van der Waals surface area contributed by atoms with E-state index in [2.05, 4.69) is 4.99 Å². The molecule has 0 unspecified atom stereocenters. The van der Waals surface area contributed by atoms with E-state index in [1.165, 1.54) is 7.05 Å². The molecule has 1 N–H and O–H groups in total. The smallest absolute Gasteiger partial charge is 0.346 e. The number of hydrogen-bond acceptors (Lipinski definition) is 2. The van der Waals surface area contributed by atoms with Gasteiger partial charge in [-0.25, -0.2) is 4.79 Å². The Balaban J connectivity index is 3.30. The Morgan fingerprint density at radius 1 is 2.00 bits per heavy atom. The molecule has 0 radical (unpaired) electrons. The molecule has 0 aliphatic rings. The second-order valence-corrected chi connectivity index (χ2v) is 0.726. The molecular weight excluding hydrogens is 82.0 g/mol. The average Bonchev–Trinajstić information content (AvgIpc) is 1.35. The van der Waals surface area contributed by atoms with Crippen molar-refractivity contribution in [2.75, 3.05) is 7.05 Å². The van der Waals surface area contributed by atoms with Crippen LogP contribution in [0.5, 0.6) is 0 Å². The highest BCUT2D eigenvalue weighted by Gasteiger charge is 1.78. The van der Waals surface area contributed by atoms with E-state index in [0.29, 0.717) is 0 Å². The number of rotatable bonds is 1. The third-order valence-corrected chi connectivity index (χ3v) is 0.240. The maximum atomic E-state index is 9.45. The molecule has 0 aromatic carbocycles. The van der Waals surface area contributed by atoms with Crippen molar-refractivity contribution in [3.05, 3.63) is 0 Å². The van der Waals surface area contributed by atoms with Gasteiger partial charge >= 0.3 is 5.97 Å². The van der Waals surface area contributed by atoms with Gasteiger partial charge in [-0.2, -0.15) is 0 Å². The molecule has 3 nitrogen and oxygen atoms in total. The van der Waals surface area contributed by atoms with Crippen molar-refractivity contribution in [2.45, 2.75) is 0 Å². The highest BCUT2D eigenvalue weighted by molar-refractivity contribution is 6.21. The molecule has 0 atom stereocenters. The zero-order chi connectivity index (χ0) is 4.99. The average molecular weight is 87.1 g/mol. The van der Waals surface area contributed by atoms with Crippen LogP contribution in [0.1, 0.15) is 0 Å². The van der Waals surface area contributed by atoms with Crippen molar-refractivity contribution in [1.29, 1.82) is 0 Å². The lowest BCUT2D eigenvalue weighted by Gasteiger charge is -1.68. The predicted molar refractivity (Wildman–Crippen MR) is 22.1 cm³/mol. The van der Waals surface area contributed by atoms with Crippen LogP contribution in [0.3, 0.4) is 0 Å². The summed E-state index contributed by atoms with van der Waals surface area (Å²) >= 11 is 0. The zero-order valence-corrected chi connectivity index (χ0v) is 3.38. The van der Waals surface area contributed by atoms with Crippen molar-refractivity contribution < 1.29 is 9.90 Å². The summed E-state index contributed by atoms with van der Waals surface area (Å²) in [5.74, 6) is -1.00. The molecule has 0 heterocycles. The second-order valence-electron chi connectivity index (χ2n) is 0.726. The molecule has 0 aliphatic carbocycles. The topological polar surface area (TPSA) is 49.7 Å². The van der Waals surface area contributed by atoms with E-state index in [1.807, 2.05) is 0 Å². The first-order chi connectivity index (χ1) is 2.77. The van der Waals surface area contributed by atoms with Crippen LogP contribution in [0.2, 0.25) is 0 Å². The minimum Gasteiger partial charge on any atom is -0.477 e. The lowest BCUT2D eigenvalue weighted by Crippen LogP contribution is -1.93. The molecule has 6 heavy (non-hydrogen) atoms. The number of hydrogen-bond donors (Lipinski definition) is 1. The molecule has 0 aliphatic heterocycles. The number of carbonyl (C=O) groups is 1. The fourth-order valence-electron chi connectivity index (χ4n) is 0.110. The fourth-order valence-corrected chi connectivity index (χ4v) is 0.110. The minimum atomic E-state index is -1.00. The van der Waals surface area contributed by atoms with E-state index in [-0.39, 0.29) is 0 Å². The summed E-state index contributed by atoms with van der Waals surface area (Å²) in [5.41, 5.74) is 0. The first-order valence-electron chi connectivity index (χ1n) is 1.42. The van der Waals surface area contributed by atoms with Crippen LogP contribution in [0.15, 0.2) is 4.99 Å². The first-order valence-corrected chi connectivity index (χ1v) is 1.42. The number of nitrogens with zero attached hydrogens (tertiary/aromatic N) is 1. The standard InChI is InChI=1S/C3H5NO2/c1-4-2-3(5)6/h2H,1H3,(H,5,6). The van der Waals surface area contributed by atoms with Crippen LogP contribution < -0.4 is 0 Å². The van der Waals surface area contributed by atoms with Gasteiger partial charge in [-0.1, -0.05) is 0 Å². The van der Waals surface area contributed by atoms with Gasteiger partial charge in [0.05, 0.1) is 0 Å². The third-order valence-electron chi connectivity index (χ3n) is 0.240. The SMILES string of the molecule is CN=CC(=O)O. The van der Waals surface area contributed by atoms with Crippen LogP contribution in [-0.2, 0) is 4.79 Å². The summed E-state index contributed by atoms with van der Waals surface area (Å²) in [6, 6.07) is 0. The zero-order valence-electron chi connectivity index (χ0n) is 3.38. The normalized spacial score (nSPS) is 9.50. The Bertz CT molecular complexity index is 76.9. The summed E-state index contributed by atoms with van der Waals surface area (Å²) in [4.78, 5) is 12.7. The number of carboxylic acid groups (broad SMARTS) is 1. The van der Waals surface area contributed by atoms with E-state index in [1.54, 1.807) is 0 Å². The lowest BCUT2D eigenvalue weighted by atomic mass is 10.8. The number of carboxylic acids is 1. The maximum absolute atomic E-state index is 9.45. The predicted octanol–water partition coefficient (Wildman–Crippen LogP) is -0.228. The lowest BCUT2D eigenvalue weighted by molar-refractivity contribution is -0.128. The minimum absolute atomic E-state index is 0.833. The number of aliphatic imine (C=N–C) groups is 1. The molecule has 0 aromatic heterocycles. The largest absolute Gasteiger partial charge is 0.477 e. The van der Waals surface area contributed by atoms with Crippen LogP contribution in [0.4, 0.5) is 0 Å². The second kappa shape index (κ2) is 2.38. The molecule has 0 rings (SSSR count). The van der Waals surface area contributed by atoms with Crippen LogP contribution in [0.25, 0.3) is 0 Å². The molecule has 0 spiro atoms. The van der Waals surface area contributed by atoms with E-state index in [9.17, 15) is 4.79 Å². The van der Waals surface area contributed by atoms with Crippen LogP contribution >= 0.6 is 0 Å². The summed E-state index contributed by atoms with van der Waals surface area (Å²) in [5, 5.41) is 7.76. The highest BCUT2D eigenvalue weighted by atomic mass is 16.4. The van der Waals surface area contributed by atoms with Gasteiger partial charge in [-0.15, -0.1) is 0 Å². The maximum Gasteiger partial charge on any atom is 0.346 e. The summed E-state index contributed by atoms with van der Waals surface area (Å²) < 4.78 is 0. The highest BCUT2D eigenvalue weighted by Crippen LogP contribution is 1.50. The molecule has 3 heteroatoms. The third kappa shape index (κ3) is 3.14. The Morgan fingerprint density at radius 2 is 2.50 bits per heavy atom. The van der Waals surface area contributed by atoms with Gasteiger partial charge in [-0.05, 0) is 0 Å². The summed E-state index contributed by atoms with van der Waals surface area (Å²) in [6.07, 6.45) is 0.833. The van der Waals surface area contributed by atoms with Gasteiger partial charge in [-0.3, -0.25) is 4.99 Å². The Hall–Kier alpha value is -0.860. The van der Waals surface area contributed by atoms with Gasteiger partial charge in [0.15, 0.2) is 0 Å². The Kier molecular flexibility index (Phi) is 2.04. The monoisotopic (exact) mass is 87.0 g/mol. The van der Waals surface area contributed by atoms with E-state index in [4.69, 9.17) is 5.11 Å². The van der Waals surface area contributed by atoms with E-state index in [0.717, 1.165) is 6.21 Å². The van der Waals surface area contributed by atoms with Gasteiger partial charge in [0.1, 0.15) is 6.21 Å². The molecule has 0 saturated heterocycles. The Morgan fingerprint density at radius 3 is 2.50 bits per heavy atom. The van der Waals surface area contributed by atoms with Crippen molar-refractivity contribution >= 4 is 12.2 Å².